The van der Waals surface area contributed by atoms with Gasteiger partial charge in [-0.2, -0.15) is 0 Å². The number of imidazole rings is 1. The minimum Gasteiger partial charge on any atom is -0.493 e. The summed E-state index contributed by atoms with van der Waals surface area (Å²) < 4.78 is 7.39. The maximum Gasteiger partial charge on any atom is 0.198 e. The van der Waals surface area contributed by atoms with Crippen LogP contribution in [0.2, 0.25) is 0 Å². The number of hydrogen-bond acceptors (Lipinski definition) is 3. The Morgan fingerprint density at radius 2 is 2.32 bits per heavy atom. The van der Waals surface area contributed by atoms with E-state index in [1.807, 2.05) is 31.3 Å². The number of fused-ring (bicyclic) bond motifs is 1. The Morgan fingerprint density at radius 1 is 1.47 bits per heavy atom. The van der Waals surface area contributed by atoms with Gasteiger partial charge in [-0.1, -0.05) is 18.2 Å². The van der Waals surface area contributed by atoms with Crippen LogP contribution in [0.1, 0.15) is 34.9 Å². The molecule has 0 N–H and O–H groups in total. The molecule has 2 aromatic rings. The van der Waals surface area contributed by atoms with Crippen LogP contribution in [-0.2, 0) is 7.05 Å². The van der Waals surface area contributed by atoms with Crippen molar-refractivity contribution in [1.29, 1.82) is 0 Å². The first-order chi connectivity index (χ1) is 9.25. The first-order valence-corrected chi connectivity index (χ1v) is 6.48. The highest BCUT2D eigenvalue weighted by atomic mass is 16.5. The molecule has 1 aromatic heterocycles. The summed E-state index contributed by atoms with van der Waals surface area (Å²) in [6.45, 7) is 0.676. The van der Waals surface area contributed by atoms with Gasteiger partial charge in [0.1, 0.15) is 5.75 Å². The first kappa shape index (κ1) is 12.0. The molecule has 98 valence electrons. The molecule has 19 heavy (non-hydrogen) atoms. The Hall–Kier alpha value is -2.10. The van der Waals surface area contributed by atoms with Gasteiger partial charge in [-0.05, 0) is 24.0 Å². The molecule has 0 radical (unpaired) electrons. The molecule has 1 atom stereocenters. The van der Waals surface area contributed by atoms with Crippen LogP contribution in [0.25, 0.3) is 0 Å². The molecular weight excluding hydrogens is 240 g/mol. The van der Waals surface area contributed by atoms with Crippen molar-refractivity contribution in [1.82, 2.24) is 9.55 Å². The van der Waals surface area contributed by atoms with E-state index in [4.69, 9.17) is 4.74 Å². The molecule has 0 bridgehead atoms. The number of nitrogens with zero attached hydrogens (tertiary/aromatic N) is 2. The topological polar surface area (TPSA) is 44.1 Å². The van der Waals surface area contributed by atoms with E-state index in [-0.39, 0.29) is 11.7 Å². The van der Waals surface area contributed by atoms with E-state index in [0.717, 1.165) is 17.7 Å². The average Bonchev–Trinajstić information content (AvgIpc) is 2.85. The quantitative estimate of drug-likeness (QED) is 0.793. The van der Waals surface area contributed by atoms with E-state index in [9.17, 15) is 4.79 Å². The predicted octanol–water partition coefficient (Wildman–Crippen LogP) is 2.56. The van der Waals surface area contributed by atoms with Crippen molar-refractivity contribution in [3.05, 3.63) is 48.0 Å². The van der Waals surface area contributed by atoms with Crippen LogP contribution in [0.3, 0.4) is 0 Å². The van der Waals surface area contributed by atoms with Gasteiger partial charge in [0, 0.05) is 25.9 Å². The highest BCUT2D eigenvalue weighted by Gasteiger charge is 2.25. The molecule has 4 nitrogen and oxygen atoms in total. The number of ether oxygens (including phenoxy) is 1. The van der Waals surface area contributed by atoms with Crippen molar-refractivity contribution in [3.8, 4) is 5.75 Å². The summed E-state index contributed by atoms with van der Waals surface area (Å²) in [6.07, 6.45) is 4.83. The molecule has 2 heterocycles. The van der Waals surface area contributed by atoms with Gasteiger partial charge >= 0.3 is 0 Å². The molecule has 0 amide bonds. The summed E-state index contributed by atoms with van der Waals surface area (Å²) in [5, 5.41) is 0. The van der Waals surface area contributed by atoms with Crippen molar-refractivity contribution in [2.24, 2.45) is 7.05 Å². The van der Waals surface area contributed by atoms with Crippen molar-refractivity contribution < 1.29 is 9.53 Å². The SMILES string of the molecule is Cn1ccnc1C(=O)CC1CCOc2ccccc21. The fraction of sp³-hybridized carbons (Fsp3) is 0.333. The highest BCUT2D eigenvalue weighted by molar-refractivity contribution is 5.93. The zero-order valence-electron chi connectivity index (χ0n) is 10.9. The number of aromatic nitrogens is 2. The molecule has 0 spiro atoms. The van der Waals surface area contributed by atoms with Crippen LogP contribution in [0.15, 0.2) is 36.7 Å². The normalized spacial score (nSPS) is 17.6. The highest BCUT2D eigenvalue weighted by Crippen LogP contribution is 2.35. The van der Waals surface area contributed by atoms with Gasteiger partial charge in [-0.15, -0.1) is 0 Å². The number of carbonyl (C=O) groups is 1. The second-order valence-electron chi connectivity index (χ2n) is 4.86. The third kappa shape index (κ3) is 2.26. The van der Waals surface area contributed by atoms with E-state index in [0.29, 0.717) is 18.9 Å². The first-order valence-electron chi connectivity index (χ1n) is 6.48. The van der Waals surface area contributed by atoms with Crippen molar-refractivity contribution >= 4 is 5.78 Å². The Labute approximate surface area is 112 Å². The Balaban J connectivity index is 1.82. The number of para-hydroxylation sites is 1. The third-order valence-electron chi connectivity index (χ3n) is 3.59. The van der Waals surface area contributed by atoms with Gasteiger partial charge in [0.15, 0.2) is 11.6 Å². The van der Waals surface area contributed by atoms with Crippen LogP contribution < -0.4 is 4.74 Å². The molecular formula is C15H16N2O2. The lowest BCUT2D eigenvalue weighted by Gasteiger charge is -2.25. The summed E-state index contributed by atoms with van der Waals surface area (Å²) in [7, 11) is 1.85. The van der Waals surface area contributed by atoms with Crippen LogP contribution in [-0.4, -0.2) is 21.9 Å². The molecule has 1 aliphatic rings. The lowest BCUT2D eigenvalue weighted by molar-refractivity contribution is 0.0952. The number of hydrogen-bond donors (Lipinski definition) is 0. The van der Waals surface area contributed by atoms with Crippen molar-refractivity contribution in [3.63, 3.8) is 0 Å². The van der Waals surface area contributed by atoms with E-state index in [1.54, 1.807) is 17.0 Å². The molecule has 1 unspecified atom stereocenters. The monoisotopic (exact) mass is 256 g/mol. The molecule has 0 saturated heterocycles. The summed E-state index contributed by atoms with van der Waals surface area (Å²) in [6, 6.07) is 7.96. The zero-order chi connectivity index (χ0) is 13.2. The smallest absolute Gasteiger partial charge is 0.198 e. The standard InChI is InChI=1S/C15H16N2O2/c1-17-8-7-16-15(17)13(18)10-11-6-9-19-14-5-3-2-4-12(11)14/h2-5,7-8,11H,6,9-10H2,1H3. The predicted molar refractivity (Wildman–Crippen MR) is 71.5 cm³/mol. The molecule has 1 aliphatic heterocycles. The van der Waals surface area contributed by atoms with E-state index in [1.165, 1.54) is 0 Å². The number of Topliss-reactive ketones (excluding diaryl/α,β-unsaturated/α-hetero) is 1. The molecule has 3 rings (SSSR count). The van der Waals surface area contributed by atoms with E-state index >= 15 is 0 Å². The average molecular weight is 256 g/mol. The number of carbonyl (C=O) groups excluding carboxylic acids is 1. The van der Waals surface area contributed by atoms with Crippen LogP contribution in [0, 0.1) is 0 Å². The Morgan fingerprint density at radius 3 is 3.11 bits per heavy atom. The van der Waals surface area contributed by atoms with E-state index < -0.39 is 0 Å². The van der Waals surface area contributed by atoms with Gasteiger partial charge in [0.2, 0.25) is 0 Å². The maximum absolute atomic E-state index is 12.3. The van der Waals surface area contributed by atoms with Crippen LogP contribution in [0.5, 0.6) is 5.75 Å². The number of rotatable bonds is 3. The maximum atomic E-state index is 12.3. The van der Waals surface area contributed by atoms with Gasteiger partial charge in [0.25, 0.3) is 0 Å². The summed E-state index contributed by atoms with van der Waals surface area (Å²) in [5.74, 6) is 1.76. The fourth-order valence-corrected chi connectivity index (χ4v) is 2.58. The zero-order valence-corrected chi connectivity index (χ0v) is 10.9. The lowest BCUT2D eigenvalue weighted by Crippen LogP contribution is -2.18. The van der Waals surface area contributed by atoms with Gasteiger partial charge in [0.05, 0.1) is 6.61 Å². The number of aryl methyl sites for hydroxylation is 1. The summed E-state index contributed by atoms with van der Waals surface area (Å²) in [4.78, 5) is 16.4. The fourth-order valence-electron chi connectivity index (χ4n) is 2.58. The minimum atomic E-state index is 0.0919. The summed E-state index contributed by atoms with van der Waals surface area (Å²) >= 11 is 0. The number of benzene rings is 1. The molecule has 4 heteroatoms. The third-order valence-corrected chi connectivity index (χ3v) is 3.59. The van der Waals surface area contributed by atoms with Crippen molar-refractivity contribution in [2.45, 2.75) is 18.8 Å². The Kier molecular flexibility index (Phi) is 3.07. The minimum absolute atomic E-state index is 0.0919. The lowest BCUT2D eigenvalue weighted by atomic mass is 9.88. The molecule has 0 fully saturated rings. The van der Waals surface area contributed by atoms with Gasteiger partial charge in [-0.25, -0.2) is 4.98 Å². The summed E-state index contributed by atoms with van der Waals surface area (Å²) in [5.41, 5.74) is 1.14. The second kappa shape index (κ2) is 4.88. The Bertz CT molecular complexity index is 604. The number of ketones is 1. The van der Waals surface area contributed by atoms with Gasteiger partial charge < -0.3 is 9.30 Å². The largest absolute Gasteiger partial charge is 0.493 e. The van der Waals surface area contributed by atoms with Crippen LogP contribution >= 0.6 is 0 Å². The molecule has 0 saturated carbocycles. The van der Waals surface area contributed by atoms with E-state index in [2.05, 4.69) is 4.98 Å². The second-order valence-corrected chi connectivity index (χ2v) is 4.86. The van der Waals surface area contributed by atoms with Crippen molar-refractivity contribution in [2.75, 3.05) is 6.61 Å². The van der Waals surface area contributed by atoms with Gasteiger partial charge in [-0.3, -0.25) is 4.79 Å². The molecule has 1 aromatic carbocycles. The van der Waals surface area contributed by atoms with Crippen LogP contribution in [0.4, 0.5) is 0 Å². The molecule has 0 aliphatic carbocycles.